The predicted molar refractivity (Wildman–Crippen MR) is 127 cm³/mol. The third-order valence-corrected chi connectivity index (χ3v) is 5.54. The Morgan fingerprint density at radius 2 is 1.94 bits per heavy atom. The van der Waals surface area contributed by atoms with Crippen LogP contribution in [0.2, 0.25) is 5.02 Å². The van der Waals surface area contributed by atoms with Gasteiger partial charge in [0.15, 0.2) is 5.82 Å². The highest BCUT2D eigenvalue weighted by atomic mass is 35.5. The molecule has 0 aliphatic carbocycles. The Morgan fingerprint density at radius 1 is 1.03 bits per heavy atom. The maximum absolute atomic E-state index is 6.43. The molecule has 5 aromatic rings. The first kappa shape index (κ1) is 20.1. The zero-order valence-electron chi connectivity index (χ0n) is 17.6. The first-order valence-corrected chi connectivity index (χ1v) is 10.6. The van der Waals surface area contributed by atoms with Gasteiger partial charge in [-0.15, -0.1) is 0 Å². The first-order chi connectivity index (χ1) is 15.6. The summed E-state index contributed by atoms with van der Waals surface area (Å²) in [6, 6.07) is 11.5. The van der Waals surface area contributed by atoms with Crippen LogP contribution in [0.25, 0.3) is 21.9 Å². The van der Waals surface area contributed by atoms with Crippen LogP contribution < -0.4 is 10.6 Å². The molecule has 32 heavy (non-hydrogen) atoms. The maximum atomic E-state index is 6.43. The van der Waals surface area contributed by atoms with Crippen LogP contribution in [-0.2, 0) is 13.6 Å². The van der Waals surface area contributed by atoms with Gasteiger partial charge in [-0.2, -0.15) is 0 Å². The first-order valence-electron chi connectivity index (χ1n) is 10.2. The molecule has 0 fully saturated rings. The zero-order valence-corrected chi connectivity index (χ0v) is 18.4. The number of benzene rings is 1. The lowest BCUT2D eigenvalue weighted by Gasteiger charge is -2.20. The van der Waals surface area contributed by atoms with Crippen LogP contribution in [-0.4, -0.2) is 29.5 Å². The number of para-hydroxylation sites is 1. The van der Waals surface area contributed by atoms with Gasteiger partial charge in [0, 0.05) is 30.4 Å². The van der Waals surface area contributed by atoms with E-state index in [4.69, 9.17) is 16.6 Å². The molecule has 0 saturated carbocycles. The van der Waals surface area contributed by atoms with Gasteiger partial charge in [-0.1, -0.05) is 23.7 Å². The fraction of sp³-hybridized carbons (Fsp3) is 0.174. The number of nitrogens with one attached hydrogen (secondary N) is 2. The van der Waals surface area contributed by atoms with Crippen LogP contribution >= 0.6 is 11.6 Å². The summed E-state index contributed by atoms with van der Waals surface area (Å²) >= 11 is 6.43. The Hall–Kier alpha value is -3.78. The second-order valence-electron chi connectivity index (χ2n) is 7.58. The van der Waals surface area contributed by atoms with E-state index in [9.17, 15) is 0 Å². The fourth-order valence-corrected chi connectivity index (χ4v) is 3.89. The van der Waals surface area contributed by atoms with E-state index in [0.717, 1.165) is 39.0 Å². The molecule has 5 rings (SSSR count). The lowest BCUT2D eigenvalue weighted by molar-refractivity contribution is 0.867. The molecule has 2 N–H and O–H groups in total. The molecule has 4 heterocycles. The summed E-state index contributed by atoms with van der Waals surface area (Å²) in [5.74, 6) is 1.41. The van der Waals surface area contributed by atoms with Crippen LogP contribution in [0.5, 0.6) is 0 Å². The number of nitrogens with zero attached hydrogens (tertiary/aromatic N) is 6. The van der Waals surface area contributed by atoms with Crippen molar-refractivity contribution in [2.24, 2.45) is 7.05 Å². The molecule has 1 atom stereocenters. The van der Waals surface area contributed by atoms with Gasteiger partial charge in [-0.3, -0.25) is 4.98 Å². The highest BCUT2D eigenvalue weighted by molar-refractivity contribution is 6.35. The smallest absolute Gasteiger partial charge is 0.156 e. The van der Waals surface area contributed by atoms with Crippen molar-refractivity contribution in [1.29, 1.82) is 0 Å². The monoisotopic (exact) mass is 444 g/mol. The van der Waals surface area contributed by atoms with Crippen LogP contribution in [0, 0.1) is 0 Å². The van der Waals surface area contributed by atoms with E-state index in [-0.39, 0.29) is 6.04 Å². The van der Waals surface area contributed by atoms with Crippen LogP contribution in [0.1, 0.15) is 24.2 Å². The number of pyridine rings is 2. The van der Waals surface area contributed by atoms with E-state index in [2.05, 4.69) is 43.6 Å². The molecule has 1 aromatic carbocycles. The third kappa shape index (κ3) is 3.92. The van der Waals surface area contributed by atoms with E-state index >= 15 is 0 Å². The van der Waals surface area contributed by atoms with E-state index < -0.39 is 0 Å². The molecule has 0 amide bonds. The van der Waals surface area contributed by atoms with E-state index in [1.165, 1.54) is 6.33 Å². The fourth-order valence-electron chi connectivity index (χ4n) is 3.66. The van der Waals surface area contributed by atoms with Crippen LogP contribution in [0.4, 0.5) is 11.6 Å². The molecular formula is C23H21ClN8. The summed E-state index contributed by atoms with van der Waals surface area (Å²) in [5, 5.41) is 8.49. The van der Waals surface area contributed by atoms with Gasteiger partial charge in [0.2, 0.25) is 0 Å². The second kappa shape index (κ2) is 8.39. The molecule has 8 nitrogen and oxygen atoms in total. The average molecular weight is 445 g/mol. The summed E-state index contributed by atoms with van der Waals surface area (Å²) in [6.07, 6.45) is 7.03. The Labute approximate surface area is 189 Å². The van der Waals surface area contributed by atoms with Gasteiger partial charge < -0.3 is 15.2 Å². The van der Waals surface area contributed by atoms with Gasteiger partial charge in [-0.05, 0) is 31.2 Å². The average Bonchev–Trinajstić information content (AvgIpc) is 3.23. The van der Waals surface area contributed by atoms with Gasteiger partial charge >= 0.3 is 0 Å². The molecule has 0 spiro atoms. The molecule has 9 heteroatoms. The van der Waals surface area contributed by atoms with Crippen molar-refractivity contribution in [1.82, 2.24) is 29.5 Å². The Kier molecular flexibility index (Phi) is 5.28. The number of imidazole rings is 1. The molecule has 4 aromatic heterocycles. The number of hydrogen-bond donors (Lipinski definition) is 2. The molecular weight excluding hydrogens is 424 g/mol. The molecule has 0 saturated heterocycles. The standard InChI is InChI=1S/C23H21ClN8/c1-14(30-23-21-19(27-12-28-23)7-4-8-25-21)17-9-15-5-3-6-18(24)20(15)31-22(17)26-10-16-11-32(2)13-29-16/h3-9,11-14H,10H2,1-2H3,(H,26,31)(H,27,28,30). The minimum atomic E-state index is -0.114. The Balaban J connectivity index is 1.53. The molecule has 160 valence electrons. The number of hydrogen-bond acceptors (Lipinski definition) is 7. The quantitative estimate of drug-likeness (QED) is 0.390. The van der Waals surface area contributed by atoms with Crippen molar-refractivity contribution in [2.45, 2.75) is 19.5 Å². The molecule has 0 bridgehead atoms. The predicted octanol–water partition coefficient (Wildman–Crippen LogP) is 4.75. The van der Waals surface area contributed by atoms with Crippen molar-refractivity contribution in [3.8, 4) is 0 Å². The van der Waals surface area contributed by atoms with Gasteiger partial charge in [0.1, 0.15) is 17.7 Å². The van der Waals surface area contributed by atoms with Crippen molar-refractivity contribution in [3.63, 3.8) is 0 Å². The number of aromatic nitrogens is 6. The molecule has 0 radical (unpaired) electrons. The van der Waals surface area contributed by atoms with Crippen molar-refractivity contribution >= 4 is 45.2 Å². The number of fused-ring (bicyclic) bond motifs is 2. The minimum Gasteiger partial charge on any atom is -0.364 e. The minimum absolute atomic E-state index is 0.114. The second-order valence-corrected chi connectivity index (χ2v) is 7.99. The largest absolute Gasteiger partial charge is 0.364 e. The Bertz CT molecular complexity index is 1410. The molecule has 0 aliphatic rings. The topological polar surface area (TPSA) is 93.4 Å². The third-order valence-electron chi connectivity index (χ3n) is 5.24. The maximum Gasteiger partial charge on any atom is 0.156 e. The number of anilines is 2. The highest BCUT2D eigenvalue weighted by Gasteiger charge is 2.17. The lowest BCUT2D eigenvalue weighted by atomic mass is 10.1. The highest BCUT2D eigenvalue weighted by Crippen LogP contribution is 2.32. The van der Waals surface area contributed by atoms with E-state index in [0.29, 0.717) is 17.4 Å². The van der Waals surface area contributed by atoms with Gasteiger partial charge in [0.05, 0.1) is 40.7 Å². The summed E-state index contributed by atoms with van der Waals surface area (Å²) in [5.41, 5.74) is 4.17. The SMILES string of the molecule is CC(Nc1ncnc2cccnc12)c1cc2cccc(Cl)c2nc1NCc1cn(C)cn1. The number of aryl methyl sites for hydroxylation is 1. The van der Waals surface area contributed by atoms with Crippen molar-refractivity contribution in [2.75, 3.05) is 10.6 Å². The summed E-state index contributed by atoms with van der Waals surface area (Å²) < 4.78 is 1.92. The van der Waals surface area contributed by atoms with E-state index in [1.807, 2.05) is 48.1 Å². The summed E-state index contributed by atoms with van der Waals surface area (Å²) in [6.45, 7) is 2.61. The van der Waals surface area contributed by atoms with Crippen LogP contribution in [0.15, 0.2) is 61.4 Å². The Morgan fingerprint density at radius 3 is 2.78 bits per heavy atom. The van der Waals surface area contributed by atoms with Gasteiger partial charge in [-0.25, -0.2) is 19.9 Å². The van der Waals surface area contributed by atoms with E-state index in [1.54, 1.807) is 12.5 Å². The molecule has 1 unspecified atom stereocenters. The van der Waals surface area contributed by atoms with Crippen molar-refractivity contribution in [3.05, 3.63) is 77.7 Å². The van der Waals surface area contributed by atoms with Gasteiger partial charge in [0.25, 0.3) is 0 Å². The lowest BCUT2D eigenvalue weighted by Crippen LogP contribution is -2.13. The molecule has 0 aliphatic heterocycles. The zero-order chi connectivity index (χ0) is 22.1. The summed E-state index contributed by atoms with van der Waals surface area (Å²) in [4.78, 5) is 22.4. The number of halogens is 1. The summed E-state index contributed by atoms with van der Waals surface area (Å²) in [7, 11) is 1.95. The number of rotatable bonds is 6. The van der Waals surface area contributed by atoms with Crippen molar-refractivity contribution < 1.29 is 0 Å². The normalized spacial score (nSPS) is 12.2. The van der Waals surface area contributed by atoms with Crippen LogP contribution in [0.3, 0.4) is 0 Å².